The number of hydrogen-bond donors (Lipinski definition) is 2. The topological polar surface area (TPSA) is 41.1 Å². The first kappa shape index (κ1) is 15.4. The van der Waals surface area contributed by atoms with E-state index in [-0.39, 0.29) is 12.5 Å². The van der Waals surface area contributed by atoms with E-state index < -0.39 is 0 Å². The SMILES string of the molecule is CCc1ccc(NCC(=O)Nc2cccc(Cl)c2C)cc1. The molecule has 110 valence electrons. The van der Waals surface area contributed by atoms with Gasteiger partial charge in [-0.25, -0.2) is 0 Å². The molecule has 0 heterocycles. The Morgan fingerprint density at radius 3 is 2.52 bits per heavy atom. The normalized spacial score (nSPS) is 10.2. The molecular weight excluding hydrogens is 284 g/mol. The van der Waals surface area contributed by atoms with Crippen LogP contribution in [0.1, 0.15) is 18.1 Å². The zero-order chi connectivity index (χ0) is 15.2. The van der Waals surface area contributed by atoms with Crippen molar-refractivity contribution in [3.8, 4) is 0 Å². The van der Waals surface area contributed by atoms with Crippen LogP contribution in [0.15, 0.2) is 42.5 Å². The Balaban J connectivity index is 1.91. The summed E-state index contributed by atoms with van der Waals surface area (Å²) in [4.78, 5) is 12.0. The van der Waals surface area contributed by atoms with Crippen LogP contribution < -0.4 is 10.6 Å². The molecule has 0 aliphatic carbocycles. The van der Waals surface area contributed by atoms with E-state index in [1.54, 1.807) is 6.07 Å². The molecule has 3 nitrogen and oxygen atoms in total. The van der Waals surface area contributed by atoms with Crippen molar-refractivity contribution in [1.82, 2.24) is 0 Å². The molecule has 0 spiro atoms. The lowest BCUT2D eigenvalue weighted by atomic mass is 10.1. The molecule has 0 fully saturated rings. The highest BCUT2D eigenvalue weighted by molar-refractivity contribution is 6.31. The first-order valence-electron chi connectivity index (χ1n) is 6.98. The van der Waals surface area contributed by atoms with Crippen LogP contribution in [0.4, 0.5) is 11.4 Å². The van der Waals surface area contributed by atoms with Crippen LogP contribution in [0.3, 0.4) is 0 Å². The van der Waals surface area contributed by atoms with Crippen LogP contribution in [0.2, 0.25) is 5.02 Å². The number of carbonyl (C=O) groups excluding carboxylic acids is 1. The lowest BCUT2D eigenvalue weighted by molar-refractivity contribution is -0.114. The van der Waals surface area contributed by atoms with Gasteiger partial charge in [0.1, 0.15) is 0 Å². The molecule has 0 saturated carbocycles. The predicted molar refractivity (Wildman–Crippen MR) is 89.1 cm³/mol. The third-order valence-corrected chi connectivity index (χ3v) is 3.77. The fraction of sp³-hybridized carbons (Fsp3) is 0.235. The van der Waals surface area contributed by atoms with E-state index in [0.29, 0.717) is 5.02 Å². The molecule has 0 aromatic heterocycles. The summed E-state index contributed by atoms with van der Waals surface area (Å²) in [5.41, 5.74) is 3.83. The molecule has 0 unspecified atom stereocenters. The highest BCUT2D eigenvalue weighted by Gasteiger charge is 2.06. The third kappa shape index (κ3) is 4.23. The average Bonchev–Trinajstić information content (AvgIpc) is 2.50. The van der Waals surface area contributed by atoms with E-state index in [1.165, 1.54) is 5.56 Å². The van der Waals surface area contributed by atoms with E-state index in [1.807, 2.05) is 31.2 Å². The standard InChI is InChI=1S/C17H19ClN2O/c1-3-13-7-9-14(10-8-13)19-11-17(21)20-16-6-4-5-15(18)12(16)2/h4-10,19H,3,11H2,1-2H3,(H,20,21). The molecule has 0 atom stereocenters. The largest absolute Gasteiger partial charge is 0.376 e. The Morgan fingerprint density at radius 2 is 1.86 bits per heavy atom. The van der Waals surface area contributed by atoms with Gasteiger partial charge in [-0.1, -0.05) is 36.7 Å². The Bertz CT molecular complexity index is 623. The second kappa shape index (κ2) is 7.14. The maximum atomic E-state index is 12.0. The number of amides is 1. The molecule has 2 aromatic carbocycles. The molecule has 1 amide bonds. The number of halogens is 1. The summed E-state index contributed by atoms with van der Waals surface area (Å²) in [6.07, 6.45) is 1.01. The minimum absolute atomic E-state index is 0.0973. The zero-order valence-corrected chi connectivity index (χ0v) is 13.0. The molecule has 2 N–H and O–H groups in total. The second-order valence-electron chi connectivity index (χ2n) is 4.86. The van der Waals surface area contributed by atoms with E-state index in [2.05, 4.69) is 29.7 Å². The van der Waals surface area contributed by atoms with Crippen molar-refractivity contribution in [3.63, 3.8) is 0 Å². The molecule has 0 bridgehead atoms. The molecule has 0 saturated heterocycles. The summed E-state index contributed by atoms with van der Waals surface area (Å²) in [6, 6.07) is 13.5. The third-order valence-electron chi connectivity index (χ3n) is 3.36. The first-order chi connectivity index (χ1) is 10.1. The highest BCUT2D eigenvalue weighted by atomic mass is 35.5. The molecule has 4 heteroatoms. The summed E-state index contributed by atoms with van der Waals surface area (Å²) in [5.74, 6) is -0.0973. The molecule has 0 aliphatic rings. The van der Waals surface area contributed by atoms with Crippen LogP contribution in [0.5, 0.6) is 0 Å². The minimum atomic E-state index is -0.0973. The van der Waals surface area contributed by atoms with Crippen LogP contribution in [0, 0.1) is 6.92 Å². The Hall–Kier alpha value is -2.00. The summed E-state index contributed by atoms with van der Waals surface area (Å²) >= 11 is 6.03. The van der Waals surface area contributed by atoms with Crippen molar-refractivity contribution in [3.05, 3.63) is 58.6 Å². The Labute approximate surface area is 130 Å². The van der Waals surface area contributed by atoms with Crippen molar-refractivity contribution in [2.75, 3.05) is 17.2 Å². The van der Waals surface area contributed by atoms with Gasteiger partial charge in [0.25, 0.3) is 0 Å². The fourth-order valence-corrected chi connectivity index (χ4v) is 2.15. The zero-order valence-electron chi connectivity index (χ0n) is 12.2. The number of rotatable bonds is 5. The van der Waals surface area contributed by atoms with Gasteiger partial charge in [-0.05, 0) is 48.7 Å². The fourth-order valence-electron chi connectivity index (χ4n) is 1.98. The number of aryl methyl sites for hydroxylation is 1. The lowest BCUT2D eigenvalue weighted by Crippen LogP contribution is -2.22. The van der Waals surface area contributed by atoms with Gasteiger partial charge in [-0.15, -0.1) is 0 Å². The Kier molecular flexibility index (Phi) is 5.23. The van der Waals surface area contributed by atoms with Crippen molar-refractivity contribution >= 4 is 28.9 Å². The summed E-state index contributed by atoms with van der Waals surface area (Å²) in [6.45, 7) is 4.22. The van der Waals surface area contributed by atoms with Crippen LogP contribution in [-0.2, 0) is 11.2 Å². The smallest absolute Gasteiger partial charge is 0.243 e. The van der Waals surface area contributed by atoms with Gasteiger partial charge >= 0.3 is 0 Å². The van der Waals surface area contributed by atoms with E-state index in [0.717, 1.165) is 23.4 Å². The van der Waals surface area contributed by atoms with E-state index in [4.69, 9.17) is 11.6 Å². The van der Waals surface area contributed by atoms with Crippen molar-refractivity contribution in [2.24, 2.45) is 0 Å². The van der Waals surface area contributed by atoms with Crippen molar-refractivity contribution < 1.29 is 4.79 Å². The van der Waals surface area contributed by atoms with Crippen LogP contribution >= 0.6 is 11.6 Å². The first-order valence-corrected chi connectivity index (χ1v) is 7.35. The van der Waals surface area contributed by atoms with E-state index in [9.17, 15) is 4.79 Å². The van der Waals surface area contributed by atoms with Gasteiger partial charge in [0.05, 0.1) is 6.54 Å². The highest BCUT2D eigenvalue weighted by Crippen LogP contribution is 2.22. The summed E-state index contributed by atoms with van der Waals surface area (Å²) < 4.78 is 0. The van der Waals surface area contributed by atoms with Gasteiger partial charge in [0, 0.05) is 16.4 Å². The number of hydrogen-bond acceptors (Lipinski definition) is 2. The molecule has 0 radical (unpaired) electrons. The number of nitrogens with one attached hydrogen (secondary N) is 2. The predicted octanol–water partition coefficient (Wildman–Crippen LogP) is 4.26. The minimum Gasteiger partial charge on any atom is -0.376 e. The van der Waals surface area contributed by atoms with E-state index >= 15 is 0 Å². The summed E-state index contributed by atoms with van der Waals surface area (Å²) in [5, 5.41) is 6.61. The second-order valence-corrected chi connectivity index (χ2v) is 5.27. The number of carbonyl (C=O) groups is 1. The number of benzene rings is 2. The lowest BCUT2D eigenvalue weighted by Gasteiger charge is -2.11. The van der Waals surface area contributed by atoms with Gasteiger partial charge in [-0.2, -0.15) is 0 Å². The number of anilines is 2. The summed E-state index contributed by atoms with van der Waals surface area (Å²) in [7, 11) is 0. The van der Waals surface area contributed by atoms with Gasteiger partial charge in [0.15, 0.2) is 0 Å². The van der Waals surface area contributed by atoms with Gasteiger partial charge < -0.3 is 10.6 Å². The average molecular weight is 303 g/mol. The Morgan fingerprint density at radius 1 is 1.14 bits per heavy atom. The monoisotopic (exact) mass is 302 g/mol. The molecule has 2 rings (SSSR count). The molecule has 21 heavy (non-hydrogen) atoms. The van der Waals surface area contributed by atoms with Crippen LogP contribution in [-0.4, -0.2) is 12.5 Å². The van der Waals surface area contributed by atoms with Crippen molar-refractivity contribution in [1.29, 1.82) is 0 Å². The molecule has 0 aliphatic heterocycles. The maximum absolute atomic E-state index is 12.0. The van der Waals surface area contributed by atoms with Crippen LogP contribution in [0.25, 0.3) is 0 Å². The maximum Gasteiger partial charge on any atom is 0.243 e. The van der Waals surface area contributed by atoms with Gasteiger partial charge in [0.2, 0.25) is 5.91 Å². The molecular formula is C17H19ClN2O. The van der Waals surface area contributed by atoms with Crippen molar-refractivity contribution in [2.45, 2.75) is 20.3 Å². The quantitative estimate of drug-likeness (QED) is 0.866. The van der Waals surface area contributed by atoms with Gasteiger partial charge in [-0.3, -0.25) is 4.79 Å². The molecule has 2 aromatic rings.